The molecule has 0 saturated carbocycles. The molecule has 3 aromatic carbocycles. The summed E-state index contributed by atoms with van der Waals surface area (Å²) in [4.78, 5) is 71.1. The van der Waals surface area contributed by atoms with E-state index in [0.29, 0.717) is 40.2 Å². The van der Waals surface area contributed by atoms with E-state index in [2.05, 4.69) is 38.7 Å². The van der Waals surface area contributed by atoms with Crippen LogP contribution in [0.2, 0.25) is 19.1 Å². The number of rotatable bonds is 10. The Balaban J connectivity index is 1.12. The van der Waals surface area contributed by atoms with Crippen molar-refractivity contribution in [1.82, 2.24) is 40.4 Å². The van der Waals surface area contributed by atoms with Gasteiger partial charge in [0.25, 0.3) is 0 Å². The predicted molar refractivity (Wildman–Crippen MR) is 226 cm³/mol. The number of likely N-dealkylation sites (tertiary alicyclic amines) is 1. The molecule has 5 atom stereocenters. The highest BCUT2D eigenvalue weighted by molar-refractivity contribution is 6.78. The van der Waals surface area contributed by atoms with Crippen LogP contribution in [-0.4, -0.2) is 107 Å². The normalized spacial score (nSPS) is 19.9. The monoisotopic (exact) mass is 842 g/mol. The molecule has 4 amide bonds. The number of amides is 4. The molecular formula is C43H52F2N8O6Si. The average Bonchev–Trinajstić information content (AvgIpc) is 4.02. The van der Waals surface area contributed by atoms with Gasteiger partial charge in [0, 0.05) is 29.1 Å². The number of hydrogen-bond donors (Lipinski definition) is 4. The molecule has 17 heteroatoms. The first-order chi connectivity index (χ1) is 28.5. The van der Waals surface area contributed by atoms with Gasteiger partial charge in [0.2, 0.25) is 11.8 Å². The van der Waals surface area contributed by atoms with E-state index in [9.17, 15) is 23.6 Å². The number of nitrogens with zero attached hydrogens (tertiary/aromatic N) is 4. The molecule has 4 heterocycles. The zero-order valence-corrected chi connectivity index (χ0v) is 36.1. The first-order valence-electron chi connectivity index (χ1n) is 20.2. The van der Waals surface area contributed by atoms with Crippen molar-refractivity contribution in [2.75, 3.05) is 26.9 Å². The lowest BCUT2D eigenvalue weighted by molar-refractivity contribution is -0.136. The molecule has 0 bridgehead atoms. The molecule has 318 valence electrons. The van der Waals surface area contributed by atoms with Crippen LogP contribution in [0.5, 0.6) is 0 Å². The minimum absolute atomic E-state index is 0.0240. The maximum absolute atomic E-state index is 16.0. The van der Waals surface area contributed by atoms with Crippen molar-refractivity contribution in [1.29, 1.82) is 0 Å². The lowest BCUT2D eigenvalue weighted by Crippen LogP contribution is -2.52. The SMILES string of the molecule is COC(=O)N[C@H](C(=O)N1CC(F)C[C@H]1c1ncc(-c2ccc(-c3ccc4c(ccc5[nH]c([C@@H]6C[Si](C)(C)CN6C(=O)[C@@H](NC(=O)OC)C(C)C)nc54)c3)c(F)c2)[nH]1)C(C)C. The number of nitrogens with one attached hydrogen (secondary N) is 4. The summed E-state index contributed by atoms with van der Waals surface area (Å²) in [7, 11) is 0.655. The van der Waals surface area contributed by atoms with Gasteiger partial charge in [0.1, 0.15) is 35.7 Å². The summed E-state index contributed by atoms with van der Waals surface area (Å²) in [6.45, 7) is 11.7. The van der Waals surface area contributed by atoms with Crippen LogP contribution in [0, 0.1) is 17.7 Å². The molecule has 4 N–H and O–H groups in total. The number of alkyl carbamates (subject to hydrolysis) is 2. The molecule has 2 saturated heterocycles. The largest absolute Gasteiger partial charge is 0.453 e. The molecule has 0 aliphatic carbocycles. The first-order valence-corrected chi connectivity index (χ1v) is 23.6. The summed E-state index contributed by atoms with van der Waals surface area (Å²) >= 11 is 0. The topological polar surface area (TPSA) is 175 Å². The van der Waals surface area contributed by atoms with Crippen molar-refractivity contribution in [3.05, 3.63) is 72.2 Å². The summed E-state index contributed by atoms with van der Waals surface area (Å²) in [6.07, 6.45) is -0.501. The van der Waals surface area contributed by atoms with Gasteiger partial charge in [-0.1, -0.05) is 71.1 Å². The fraction of sp³-hybridized carbons (Fsp3) is 0.442. The molecule has 5 aromatic rings. The lowest BCUT2D eigenvalue weighted by Gasteiger charge is -2.30. The molecule has 14 nitrogen and oxygen atoms in total. The second-order valence-electron chi connectivity index (χ2n) is 17.3. The van der Waals surface area contributed by atoms with Crippen LogP contribution in [0.15, 0.2) is 54.7 Å². The van der Waals surface area contributed by atoms with Crippen LogP contribution >= 0.6 is 0 Å². The molecule has 2 fully saturated rings. The highest BCUT2D eigenvalue weighted by atomic mass is 28.3. The van der Waals surface area contributed by atoms with E-state index >= 15 is 4.39 Å². The Morgan fingerprint density at radius 2 is 1.48 bits per heavy atom. The Morgan fingerprint density at radius 3 is 2.12 bits per heavy atom. The van der Waals surface area contributed by atoms with Crippen LogP contribution in [0.1, 0.15) is 57.8 Å². The van der Waals surface area contributed by atoms with Gasteiger partial charge in [-0.15, -0.1) is 0 Å². The Labute approximate surface area is 347 Å². The predicted octanol–water partition coefficient (Wildman–Crippen LogP) is 7.42. The van der Waals surface area contributed by atoms with Gasteiger partial charge < -0.3 is 39.9 Å². The standard InChI is InChI=1S/C43H52F2N8O6Si/c1-22(2)35(50-42(56)58-5)40(54)52-19-27(44)17-33(52)38-46-18-32(48-38)26-10-12-28(30(45)16-26)24-9-13-29-25(15-24)11-14-31-37(29)49-39(47-31)34-20-60(7,8)21-53(34)41(55)36(23(3)4)51-43(57)59-6/h9-16,18,22-23,27,33-36H,17,19-21H2,1-8H3,(H,46,48)(H,47,49)(H,50,56)(H,51,57)/t27?,33-,34-,35-,36-/m0/s1. The molecule has 60 heavy (non-hydrogen) atoms. The average molecular weight is 843 g/mol. The number of methoxy groups -OCH3 is 2. The minimum atomic E-state index is -1.83. The van der Waals surface area contributed by atoms with E-state index in [0.717, 1.165) is 27.8 Å². The summed E-state index contributed by atoms with van der Waals surface area (Å²) in [5, 5.41) is 7.01. The molecule has 2 aromatic heterocycles. The highest BCUT2D eigenvalue weighted by Crippen LogP contribution is 2.40. The number of fused-ring (bicyclic) bond motifs is 3. The Kier molecular flexibility index (Phi) is 11.7. The van der Waals surface area contributed by atoms with Crippen LogP contribution in [0.4, 0.5) is 18.4 Å². The number of benzene rings is 3. The number of hydrogen-bond acceptors (Lipinski definition) is 8. The summed E-state index contributed by atoms with van der Waals surface area (Å²) in [5.41, 5.74) is 3.64. The first kappa shape index (κ1) is 42.3. The Morgan fingerprint density at radius 1 is 0.833 bits per heavy atom. The number of H-pyrrole nitrogens is 2. The third-order valence-electron chi connectivity index (χ3n) is 11.6. The maximum atomic E-state index is 16.0. The van der Waals surface area contributed by atoms with Crippen molar-refractivity contribution in [2.24, 2.45) is 11.8 Å². The lowest BCUT2D eigenvalue weighted by atomic mass is 9.98. The van der Waals surface area contributed by atoms with E-state index in [1.165, 1.54) is 31.4 Å². The van der Waals surface area contributed by atoms with E-state index in [-0.39, 0.29) is 36.8 Å². The number of aromatic amines is 2. The summed E-state index contributed by atoms with van der Waals surface area (Å²) in [6, 6.07) is 12.6. The second-order valence-corrected chi connectivity index (χ2v) is 22.4. The Bertz CT molecular complexity index is 2450. The van der Waals surface area contributed by atoms with Gasteiger partial charge in [0.05, 0.1) is 63.8 Å². The van der Waals surface area contributed by atoms with Gasteiger partial charge in [-0.05, 0) is 47.0 Å². The van der Waals surface area contributed by atoms with Crippen LogP contribution in [-0.2, 0) is 19.1 Å². The molecule has 2 aliphatic rings. The molecule has 2 aliphatic heterocycles. The van der Waals surface area contributed by atoms with Crippen LogP contribution in [0.25, 0.3) is 44.2 Å². The quantitative estimate of drug-likeness (QED) is 0.105. The van der Waals surface area contributed by atoms with Crippen molar-refractivity contribution >= 4 is 53.9 Å². The van der Waals surface area contributed by atoms with E-state index in [1.54, 1.807) is 26.0 Å². The zero-order chi connectivity index (χ0) is 43.2. The smallest absolute Gasteiger partial charge is 0.407 e. The zero-order valence-electron chi connectivity index (χ0n) is 35.1. The van der Waals surface area contributed by atoms with Gasteiger partial charge in [0.15, 0.2) is 0 Å². The third kappa shape index (κ3) is 8.31. The third-order valence-corrected chi connectivity index (χ3v) is 14.3. The fourth-order valence-corrected chi connectivity index (χ4v) is 11.4. The van der Waals surface area contributed by atoms with E-state index in [1.807, 2.05) is 49.1 Å². The molecular weight excluding hydrogens is 791 g/mol. The number of alkyl halides is 1. The number of halogens is 2. The van der Waals surface area contributed by atoms with Crippen molar-refractivity contribution < 1.29 is 37.4 Å². The van der Waals surface area contributed by atoms with Gasteiger partial charge in [-0.3, -0.25) is 9.59 Å². The van der Waals surface area contributed by atoms with Gasteiger partial charge in [-0.25, -0.2) is 28.3 Å². The number of ether oxygens (including phenoxy) is 2. The molecule has 0 radical (unpaired) electrons. The molecule has 0 spiro atoms. The van der Waals surface area contributed by atoms with Gasteiger partial charge >= 0.3 is 12.2 Å². The summed E-state index contributed by atoms with van der Waals surface area (Å²) < 4.78 is 40.3. The molecule has 1 unspecified atom stereocenters. The number of aromatic nitrogens is 4. The number of imidazole rings is 2. The van der Waals surface area contributed by atoms with Crippen molar-refractivity contribution in [3.63, 3.8) is 0 Å². The van der Waals surface area contributed by atoms with Gasteiger partial charge in [-0.2, -0.15) is 0 Å². The van der Waals surface area contributed by atoms with Crippen LogP contribution < -0.4 is 10.6 Å². The minimum Gasteiger partial charge on any atom is -0.453 e. The highest BCUT2D eigenvalue weighted by Gasteiger charge is 2.46. The van der Waals surface area contributed by atoms with Crippen LogP contribution in [0.3, 0.4) is 0 Å². The number of carbonyl (C=O) groups excluding carboxylic acids is 4. The summed E-state index contributed by atoms with van der Waals surface area (Å²) in [5.74, 6) is -0.458. The van der Waals surface area contributed by atoms with E-state index < -0.39 is 56.3 Å². The maximum Gasteiger partial charge on any atom is 0.407 e. The van der Waals surface area contributed by atoms with Crippen molar-refractivity contribution in [3.8, 4) is 22.4 Å². The number of carbonyl (C=O) groups is 4. The molecule has 7 rings (SSSR count). The van der Waals surface area contributed by atoms with Crippen molar-refractivity contribution in [2.45, 2.75) is 83.6 Å². The fourth-order valence-electron chi connectivity index (χ4n) is 8.50. The Hall–Kier alpha value is -5.84. The second kappa shape index (κ2) is 16.7. The van der Waals surface area contributed by atoms with E-state index in [4.69, 9.17) is 14.5 Å².